The molecule has 5 heteroatoms. The maximum Gasteiger partial charge on any atom is 0.240 e. The molecule has 0 aromatic carbocycles. The molecule has 1 fully saturated rings. The Bertz CT molecular complexity index is 413. The Morgan fingerprint density at radius 1 is 1.47 bits per heavy atom. The lowest BCUT2D eigenvalue weighted by Crippen LogP contribution is -2.55. The van der Waals surface area contributed by atoms with Crippen LogP contribution in [0, 0.1) is 0 Å². The molecule has 2 unspecified atom stereocenters. The number of amides is 1. The van der Waals surface area contributed by atoms with Crippen LogP contribution in [0.15, 0.2) is 18.7 Å². The Morgan fingerprint density at radius 3 is 2.89 bits per heavy atom. The molecule has 1 aromatic heterocycles. The van der Waals surface area contributed by atoms with Crippen LogP contribution < -0.4 is 10.6 Å². The number of carbonyl (C=O) groups is 1. The third-order valence-corrected chi connectivity index (χ3v) is 3.89. The van der Waals surface area contributed by atoms with Gasteiger partial charge in [-0.1, -0.05) is 6.92 Å². The summed E-state index contributed by atoms with van der Waals surface area (Å²) < 4.78 is 2.11. The smallest absolute Gasteiger partial charge is 0.240 e. The Hall–Kier alpha value is -1.36. The molecular weight excluding hydrogens is 240 g/mol. The average Bonchev–Trinajstić information content (AvgIpc) is 2.97. The first-order valence-corrected chi connectivity index (χ1v) is 7.08. The van der Waals surface area contributed by atoms with E-state index in [1.165, 1.54) is 0 Å². The van der Waals surface area contributed by atoms with Gasteiger partial charge in [0.05, 0.1) is 17.9 Å². The van der Waals surface area contributed by atoms with E-state index < -0.39 is 5.54 Å². The number of hydrogen-bond acceptors (Lipinski definition) is 3. The zero-order valence-corrected chi connectivity index (χ0v) is 12.0. The number of rotatable bonds is 5. The molecule has 1 amide bonds. The van der Waals surface area contributed by atoms with Crippen molar-refractivity contribution in [2.75, 3.05) is 6.54 Å². The molecule has 0 bridgehead atoms. The van der Waals surface area contributed by atoms with Gasteiger partial charge in [-0.2, -0.15) is 0 Å². The third kappa shape index (κ3) is 3.15. The van der Waals surface area contributed by atoms with Crippen molar-refractivity contribution in [2.45, 2.75) is 57.7 Å². The summed E-state index contributed by atoms with van der Waals surface area (Å²) in [5.74, 6) is 0.0753. The van der Waals surface area contributed by atoms with Gasteiger partial charge in [-0.25, -0.2) is 4.98 Å². The van der Waals surface area contributed by atoms with E-state index in [2.05, 4.69) is 20.2 Å². The normalized spacial score (nSPS) is 23.5. The minimum absolute atomic E-state index is 0.0753. The van der Waals surface area contributed by atoms with Crippen molar-refractivity contribution < 1.29 is 4.79 Å². The maximum absolute atomic E-state index is 12.3. The molecule has 1 saturated carbocycles. The van der Waals surface area contributed by atoms with E-state index in [0.717, 1.165) is 25.8 Å². The Kier molecular flexibility index (Phi) is 4.24. The molecule has 19 heavy (non-hydrogen) atoms. The Balaban J connectivity index is 2.00. The highest BCUT2D eigenvalue weighted by Crippen LogP contribution is 2.30. The Morgan fingerprint density at radius 2 is 2.26 bits per heavy atom. The van der Waals surface area contributed by atoms with Crippen LogP contribution in [0.3, 0.4) is 0 Å². The van der Waals surface area contributed by atoms with Gasteiger partial charge in [-0.3, -0.25) is 4.79 Å². The summed E-state index contributed by atoms with van der Waals surface area (Å²) in [7, 11) is 0. The van der Waals surface area contributed by atoms with Crippen LogP contribution in [0.1, 0.15) is 46.1 Å². The molecule has 0 radical (unpaired) electrons. The van der Waals surface area contributed by atoms with Crippen molar-refractivity contribution >= 4 is 5.91 Å². The summed E-state index contributed by atoms with van der Waals surface area (Å²) in [4.78, 5) is 16.4. The molecule has 0 saturated heterocycles. The van der Waals surface area contributed by atoms with Crippen molar-refractivity contribution in [3.05, 3.63) is 18.7 Å². The SMILES string of the molecule is CCNC(C)(C)C(=O)NC1CCCC1n1ccnc1. The van der Waals surface area contributed by atoms with Gasteiger partial charge in [0.15, 0.2) is 0 Å². The molecule has 1 heterocycles. The predicted octanol–water partition coefficient (Wildman–Crippen LogP) is 1.48. The van der Waals surface area contributed by atoms with Gasteiger partial charge in [0.25, 0.3) is 0 Å². The second-order valence-electron chi connectivity index (χ2n) is 5.74. The maximum atomic E-state index is 12.3. The van der Waals surface area contributed by atoms with E-state index in [0.29, 0.717) is 6.04 Å². The standard InChI is InChI=1S/C14H24N4O/c1-4-16-14(2,3)13(19)17-11-6-5-7-12(11)18-9-8-15-10-18/h8-12,16H,4-7H2,1-3H3,(H,17,19). The summed E-state index contributed by atoms with van der Waals surface area (Å²) in [6, 6.07) is 0.545. The second kappa shape index (κ2) is 5.74. The first kappa shape index (κ1) is 14.1. The van der Waals surface area contributed by atoms with Crippen LogP contribution in [-0.4, -0.2) is 33.6 Å². The molecule has 1 aliphatic rings. The summed E-state index contributed by atoms with van der Waals surface area (Å²) in [5.41, 5.74) is -0.517. The highest BCUT2D eigenvalue weighted by molar-refractivity contribution is 5.85. The fraction of sp³-hybridized carbons (Fsp3) is 0.714. The van der Waals surface area contributed by atoms with Crippen LogP contribution in [0.25, 0.3) is 0 Å². The van der Waals surface area contributed by atoms with Crippen molar-refractivity contribution in [3.63, 3.8) is 0 Å². The molecule has 2 N–H and O–H groups in total. The number of imidazole rings is 1. The highest BCUT2D eigenvalue weighted by Gasteiger charge is 2.34. The Labute approximate surface area is 114 Å². The summed E-state index contributed by atoms with van der Waals surface area (Å²) in [6.45, 7) is 6.65. The van der Waals surface area contributed by atoms with E-state index in [1.54, 1.807) is 6.20 Å². The van der Waals surface area contributed by atoms with Gasteiger partial charge in [0.2, 0.25) is 5.91 Å². The highest BCUT2D eigenvalue weighted by atomic mass is 16.2. The first-order chi connectivity index (χ1) is 9.04. The average molecular weight is 264 g/mol. The van der Waals surface area contributed by atoms with E-state index in [1.807, 2.05) is 33.3 Å². The second-order valence-corrected chi connectivity index (χ2v) is 5.74. The largest absolute Gasteiger partial charge is 0.350 e. The van der Waals surface area contributed by atoms with Gasteiger partial charge in [0, 0.05) is 18.4 Å². The number of hydrogen-bond donors (Lipinski definition) is 2. The quantitative estimate of drug-likeness (QED) is 0.847. The van der Waals surface area contributed by atoms with Crippen molar-refractivity contribution in [3.8, 4) is 0 Å². The van der Waals surface area contributed by atoms with E-state index in [4.69, 9.17) is 0 Å². The zero-order chi connectivity index (χ0) is 13.9. The topological polar surface area (TPSA) is 59.0 Å². The van der Waals surface area contributed by atoms with Crippen molar-refractivity contribution in [2.24, 2.45) is 0 Å². The third-order valence-electron chi connectivity index (χ3n) is 3.89. The summed E-state index contributed by atoms with van der Waals surface area (Å²) in [5, 5.41) is 6.41. The number of likely N-dealkylation sites (N-methyl/N-ethyl adjacent to an activating group) is 1. The molecule has 106 valence electrons. The molecule has 1 aliphatic carbocycles. The van der Waals surface area contributed by atoms with Crippen LogP contribution in [0.5, 0.6) is 0 Å². The van der Waals surface area contributed by atoms with Gasteiger partial charge in [0.1, 0.15) is 0 Å². The van der Waals surface area contributed by atoms with E-state index in [9.17, 15) is 4.79 Å². The molecule has 5 nitrogen and oxygen atoms in total. The van der Waals surface area contributed by atoms with Crippen LogP contribution in [0.2, 0.25) is 0 Å². The lowest BCUT2D eigenvalue weighted by atomic mass is 10.0. The van der Waals surface area contributed by atoms with Crippen molar-refractivity contribution in [1.82, 2.24) is 20.2 Å². The molecule has 2 rings (SSSR count). The summed E-state index contributed by atoms with van der Waals surface area (Å²) in [6.07, 6.45) is 8.89. The van der Waals surface area contributed by atoms with Crippen molar-refractivity contribution in [1.29, 1.82) is 0 Å². The summed E-state index contributed by atoms with van der Waals surface area (Å²) >= 11 is 0. The number of aromatic nitrogens is 2. The number of nitrogens with zero attached hydrogens (tertiary/aromatic N) is 2. The monoisotopic (exact) mass is 264 g/mol. The zero-order valence-electron chi connectivity index (χ0n) is 12.0. The van der Waals surface area contributed by atoms with E-state index >= 15 is 0 Å². The van der Waals surface area contributed by atoms with Gasteiger partial charge < -0.3 is 15.2 Å². The van der Waals surface area contributed by atoms with Crippen LogP contribution >= 0.6 is 0 Å². The molecule has 0 aliphatic heterocycles. The lowest BCUT2D eigenvalue weighted by molar-refractivity contribution is -0.127. The molecule has 0 spiro atoms. The van der Waals surface area contributed by atoms with Crippen LogP contribution in [0.4, 0.5) is 0 Å². The molecule has 1 aromatic rings. The number of nitrogens with one attached hydrogen (secondary N) is 2. The fourth-order valence-electron chi connectivity index (χ4n) is 2.80. The van der Waals surface area contributed by atoms with E-state index in [-0.39, 0.29) is 11.9 Å². The fourth-order valence-corrected chi connectivity index (χ4v) is 2.80. The van der Waals surface area contributed by atoms with Gasteiger partial charge >= 0.3 is 0 Å². The minimum Gasteiger partial charge on any atom is -0.350 e. The number of carbonyl (C=O) groups excluding carboxylic acids is 1. The molecular formula is C14H24N4O. The lowest BCUT2D eigenvalue weighted by Gasteiger charge is -2.29. The molecule has 2 atom stereocenters. The van der Waals surface area contributed by atoms with Gasteiger partial charge in [-0.15, -0.1) is 0 Å². The minimum atomic E-state index is -0.517. The van der Waals surface area contributed by atoms with Crippen LogP contribution in [-0.2, 0) is 4.79 Å². The first-order valence-electron chi connectivity index (χ1n) is 7.08. The van der Waals surface area contributed by atoms with Gasteiger partial charge in [-0.05, 0) is 39.7 Å². The predicted molar refractivity (Wildman–Crippen MR) is 74.8 cm³/mol.